The molecule has 7 nitrogen and oxygen atoms in total. The molecule has 9 heteroatoms. The zero-order valence-corrected chi connectivity index (χ0v) is 16.3. The maximum Gasteiger partial charge on any atom is 0.229 e. The van der Waals surface area contributed by atoms with E-state index in [4.69, 9.17) is 4.74 Å². The van der Waals surface area contributed by atoms with Crippen molar-refractivity contribution in [2.75, 3.05) is 31.8 Å². The molecule has 0 radical (unpaired) electrons. The molecule has 1 aromatic heterocycles. The summed E-state index contributed by atoms with van der Waals surface area (Å²) in [6, 6.07) is 7.58. The first-order chi connectivity index (χ1) is 12.4. The van der Waals surface area contributed by atoms with Crippen LogP contribution in [0, 0.1) is 5.92 Å². The topological polar surface area (TPSA) is 88.6 Å². The van der Waals surface area contributed by atoms with Crippen molar-refractivity contribution in [3.8, 4) is 17.0 Å². The first kappa shape index (κ1) is 18.8. The molecule has 26 heavy (non-hydrogen) atoms. The number of thiazole rings is 1. The van der Waals surface area contributed by atoms with Gasteiger partial charge in [0.15, 0.2) is 5.13 Å². The van der Waals surface area contributed by atoms with Gasteiger partial charge in [0.2, 0.25) is 15.9 Å². The van der Waals surface area contributed by atoms with E-state index in [9.17, 15) is 13.2 Å². The number of rotatable bonds is 5. The fourth-order valence-corrected chi connectivity index (χ4v) is 4.50. The van der Waals surface area contributed by atoms with Gasteiger partial charge in [-0.05, 0) is 25.0 Å². The van der Waals surface area contributed by atoms with E-state index in [1.54, 1.807) is 7.11 Å². The smallest absolute Gasteiger partial charge is 0.229 e. The third-order valence-corrected chi connectivity index (χ3v) is 6.45. The van der Waals surface area contributed by atoms with E-state index in [2.05, 4.69) is 10.3 Å². The Morgan fingerprint density at radius 3 is 2.73 bits per heavy atom. The lowest BCUT2D eigenvalue weighted by atomic mass is 9.97. The summed E-state index contributed by atoms with van der Waals surface area (Å²) >= 11 is 1.36. The van der Waals surface area contributed by atoms with Crippen molar-refractivity contribution in [2.24, 2.45) is 5.92 Å². The number of sulfonamides is 1. The van der Waals surface area contributed by atoms with Crippen LogP contribution in [-0.2, 0) is 14.8 Å². The van der Waals surface area contributed by atoms with E-state index in [0.717, 1.165) is 17.0 Å². The number of hydrogen-bond acceptors (Lipinski definition) is 6. The van der Waals surface area contributed by atoms with Crippen LogP contribution < -0.4 is 10.1 Å². The van der Waals surface area contributed by atoms with Crippen molar-refractivity contribution in [3.05, 3.63) is 29.6 Å². The predicted octanol–water partition coefficient (Wildman–Crippen LogP) is 2.43. The summed E-state index contributed by atoms with van der Waals surface area (Å²) in [4.78, 5) is 16.9. The number of carbonyl (C=O) groups is 1. The number of piperidine rings is 1. The van der Waals surface area contributed by atoms with Crippen molar-refractivity contribution in [3.63, 3.8) is 0 Å². The summed E-state index contributed by atoms with van der Waals surface area (Å²) in [5, 5.41) is 5.28. The van der Waals surface area contributed by atoms with Crippen molar-refractivity contribution < 1.29 is 17.9 Å². The van der Waals surface area contributed by atoms with Gasteiger partial charge in [-0.1, -0.05) is 12.1 Å². The third-order valence-electron chi connectivity index (χ3n) is 4.39. The molecule has 0 spiro atoms. The number of carbonyl (C=O) groups excluding carboxylic acids is 1. The summed E-state index contributed by atoms with van der Waals surface area (Å²) in [5.41, 5.74) is 1.69. The number of amides is 1. The number of ether oxygens (including phenoxy) is 1. The minimum atomic E-state index is -3.19. The molecule has 1 amide bonds. The molecule has 0 aliphatic carbocycles. The molecular formula is C17H21N3O4S2. The van der Waals surface area contributed by atoms with Gasteiger partial charge in [0.05, 0.1) is 19.1 Å². The largest absolute Gasteiger partial charge is 0.497 e. The first-order valence-electron chi connectivity index (χ1n) is 8.23. The average Bonchev–Trinajstić information content (AvgIpc) is 3.09. The molecule has 0 unspecified atom stereocenters. The highest BCUT2D eigenvalue weighted by molar-refractivity contribution is 7.88. The summed E-state index contributed by atoms with van der Waals surface area (Å²) in [6.45, 7) is 0.758. The molecule has 0 saturated carbocycles. The van der Waals surface area contributed by atoms with Crippen molar-refractivity contribution in [1.82, 2.24) is 9.29 Å². The number of nitrogens with one attached hydrogen (secondary N) is 1. The SMILES string of the molecule is COc1cccc(-c2csc(NC(=O)C3CCN(S(C)(=O)=O)CC3)n2)c1. The Balaban J connectivity index is 1.61. The molecule has 0 atom stereocenters. The standard InChI is InChI=1S/C17H21N3O4S2/c1-24-14-5-3-4-13(10-14)15-11-25-17(18-15)19-16(21)12-6-8-20(9-7-12)26(2,22)23/h3-5,10-12H,6-9H2,1-2H3,(H,18,19,21). The second-order valence-electron chi connectivity index (χ2n) is 6.20. The highest BCUT2D eigenvalue weighted by Gasteiger charge is 2.29. The zero-order valence-electron chi connectivity index (χ0n) is 14.6. The van der Waals surface area contributed by atoms with Crippen LogP contribution in [0.3, 0.4) is 0 Å². The van der Waals surface area contributed by atoms with Crippen LogP contribution in [0.4, 0.5) is 5.13 Å². The van der Waals surface area contributed by atoms with Gasteiger partial charge in [-0.15, -0.1) is 11.3 Å². The van der Waals surface area contributed by atoms with Gasteiger partial charge in [-0.2, -0.15) is 0 Å². The fourth-order valence-electron chi connectivity index (χ4n) is 2.90. The summed E-state index contributed by atoms with van der Waals surface area (Å²) in [6.07, 6.45) is 2.24. The van der Waals surface area contributed by atoms with Gasteiger partial charge in [0, 0.05) is 30.0 Å². The van der Waals surface area contributed by atoms with Crippen LogP contribution in [0.1, 0.15) is 12.8 Å². The van der Waals surface area contributed by atoms with Crippen LogP contribution >= 0.6 is 11.3 Å². The minimum Gasteiger partial charge on any atom is -0.497 e. The summed E-state index contributed by atoms with van der Waals surface area (Å²) in [5.74, 6) is 0.445. The molecule has 1 saturated heterocycles. The second-order valence-corrected chi connectivity index (χ2v) is 9.04. The first-order valence-corrected chi connectivity index (χ1v) is 11.0. The van der Waals surface area contributed by atoms with E-state index in [0.29, 0.717) is 31.1 Å². The average molecular weight is 396 g/mol. The number of methoxy groups -OCH3 is 1. The maximum absolute atomic E-state index is 12.4. The lowest BCUT2D eigenvalue weighted by molar-refractivity contribution is -0.120. The zero-order chi connectivity index (χ0) is 18.7. The number of aromatic nitrogens is 1. The second kappa shape index (κ2) is 7.73. The Morgan fingerprint density at radius 1 is 1.35 bits per heavy atom. The molecule has 2 aromatic rings. The maximum atomic E-state index is 12.4. The highest BCUT2D eigenvalue weighted by atomic mass is 32.2. The van der Waals surface area contributed by atoms with Gasteiger partial charge in [0.25, 0.3) is 0 Å². The Kier molecular flexibility index (Phi) is 5.59. The van der Waals surface area contributed by atoms with E-state index in [1.165, 1.54) is 21.9 Å². The van der Waals surface area contributed by atoms with Crippen LogP contribution in [0.5, 0.6) is 5.75 Å². The van der Waals surface area contributed by atoms with Gasteiger partial charge < -0.3 is 10.1 Å². The van der Waals surface area contributed by atoms with Gasteiger partial charge >= 0.3 is 0 Å². The quantitative estimate of drug-likeness (QED) is 0.840. The Labute approximate surface area is 157 Å². The lowest BCUT2D eigenvalue weighted by Gasteiger charge is -2.29. The van der Waals surface area contributed by atoms with Crippen molar-refractivity contribution >= 4 is 32.4 Å². The van der Waals surface area contributed by atoms with Crippen LogP contribution in [0.15, 0.2) is 29.6 Å². The molecule has 1 aliphatic heterocycles. The molecule has 140 valence electrons. The summed E-state index contributed by atoms with van der Waals surface area (Å²) < 4.78 is 29.7. The molecule has 2 heterocycles. The van der Waals surface area contributed by atoms with E-state index < -0.39 is 10.0 Å². The lowest BCUT2D eigenvalue weighted by Crippen LogP contribution is -2.40. The Bertz CT molecular complexity index is 887. The molecule has 1 aliphatic rings. The number of benzene rings is 1. The number of hydrogen-bond donors (Lipinski definition) is 1. The number of anilines is 1. The highest BCUT2D eigenvalue weighted by Crippen LogP contribution is 2.28. The van der Waals surface area contributed by atoms with E-state index in [-0.39, 0.29) is 11.8 Å². The third kappa shape index (κ3) is 4.40. The van der Waals surface area contributed by atoms with E-state index in [1.807, 2.05) is 29.6 Å². The van der Waals surface area contributed by atoms with Crippen molar-refractivity contribution in [2.45, 2.75) is 12.8 Å². The van der Waals surface area contributed by atoms with Crippen molar-refractivity contribution in [1.29, 1.82) is 0 Å². The summed E-state index contributed by atoms with van der Waals surface area (Å²) in [7, 11) is -1.57. The predicted molar refractivity (Wildman–Crippen MR) is 102 cm³/mol. The molecule has 1 aromatic carbocycles. The molecule has 3 rings (SSSR count). The monoisotopic (exact) mass is 395 g/mol. The molecule has 1 fully saturated rings. The fraction of sp³-hybridized carbons (Fsp3) is 0.412. The molecule has 1 N–H and O–H groups in total. The Morgan fingerprint density at radius 2 is 2.08 bits per heavy atom. The normalized spacial score (nSPS) is 16.4. The van der Waals surface area contributed by atoms with Gasteiger partial charge in [-0.3, -0.25) is 4.79 Å². The van der Waals surface area contributed by atoms with Crippen LogP contribution in [0.25, 0.3) is 11.3 Å². The number of nitrogens with zero attached hydrogens (tertiary/aromatic N) is 2. The van der Waals surface area contributed by atoms with Crippen LogP contribution in [-0.4, -0.2) is 50.1 Å². The molecular weight excluding hydrogens is 374 g/mol. The van der Waals surface area contributed by atoms with Gasteiger partial charge in [0.1, 0.15) is 5.75 Å². The molecule has 0 bridgehead atoms. The van der Waals surface area contributed by atoms with Crippen LogP contribution in [0.2, 0.25) is 0 Å². The van der Waals surface area contributed by atoms with E-state index >= 15 is 0 Å². The minimum absolute atomic E-state index is 0.107. The van der Waals surface area contributed by atoms with Gasteiger partial charge in [-0.25, -0.2) is 17.7 Å². The Hall–Kier alpha value is -1.97.